The molecule has 0 saturated carbocycles. The van der Waals surface area contributed by atoms with Crippen molar-refractivity contribution in [2.24, 2.45) is 0 Å². The summed E-state index contributed by atoms with van der Waals surface area (Å²) in [5.41, 5.74) is 1.62. The summed E-state index contributed by atoms with van der Waals surface area (Å²) in [4.78, 5) is 40.9. The molecule has 0 aliphatic carbocycles. The van der Waals surface area contributed by atoms with Gasteiger partial charge in [0.1, 0.15) is 12.6 Å². The first-order chi connectivity index (χ1) is 12.2. The molecule has 0 fully saturated rings. The molecule has 0 bridgehead atoms. The number of hydrogen-bond donors (Lipinski definition) is 0. The van der Waals surface area contributed by atoms with Crippen LogP contribution in [0.5, 0.6) is 0 Å². The molecule has 25 heavy (non-hydrogen) atoms. The lowest BCUT2D eigenvalue weighted by atomic mass is 10.0. The Balaban J connectivity index is 2.16. The molecule has 0 aliphatic rings. The minimum atomic E-state index is -1.10. The summed E-state index contributed by atoms with van der Waals surface area (Å²) in [5.74, 6) is -1.86. The summed E-state index contributed by atoms with van der Waals surface area (Å²) in [6.07, 6.45) is 0.541. The number of Topliss-reactive ketones (excluding diaryl/α,β-unsaturated/α-hetero) is 1. The highest BCUT2D eigenvalue weighted by Crippen LogP contribution is 2.12. The van der Waals surface area contributed by atoms with Crippen molar-refractivity contribution in [3.63, 3.8) is 0 Å². The number of methoxy groups -OCH3 is 1. The van der Waals surface area contributed by atoms with Crippen molar-refractivity contribution in [1.29, 1.82) is 0 Å². The molecule has 0 aromatic heterocycles. The van der Waals surface area contributed by atoms with E-state index in [4.69, 9.17) is 4.84 Å². The Labute approximate surface area is 145 Å². The minimum absolute atomic E-state index is 0.0965. The van der Waals surface area contributed by atoms with Crippen LogP contribution in [0.25, 0.3) is 0 Å². The van der Waals surface area contributed by atoms with E-state index in [0.29, 0.717) is 6.41 Å². The van der Waals surface area contributed by atoms with Crippen molar-refractivity contribution in [3.05, 3.63) is 71.8 Å². The van der Waals surface area contributed by atoms with E-state index >= 15 is 0 Å². The predicted molar refractivity (Wildman–Crippen MR) is 90.1 cm³/mol. The maximum Gasteiger partial charge on any atom is 0.376 e. The maximum atomic E-state index is 12.3. The van der Waals surface area contributed by atoms with Crippen LogP contribution in [-0.2, 0) is 37.0 Å². The molecule has 130 valence electrons. The topological polar surface area (TPSA) is 72.9 Å². The number of carbonyl (C=O) groups excluding carboxylic acids is 3. The summed E-state index contributed by atoms with van der Waals surface area (Å²) in [5, 5.41) is 0.874. The van der Waals surface area contributed by atoms with E-state index in [1.807, 2.05) is 48.5 Å². The summed E-state index contributed by atoms with van der Waals surface area (Å²) >= 11 is 0. The van der Waals surface area contributed by atoms with E-state index in [0.717, 1.165) is 23.3 Å². The van der Waals surface area contributed by atoms with Gasteiger partial charge in [-0.1, -0.05) is 60.7 Å². The Morgan fingerprint density at radius 2 is 1.56 bits per heavy atom. The van der Waals surface area contributed by atoms with Gasteiger partial charge in [-0.05, 0) is 11.1 Å². The van der Waals surface area contributed by atoms with Crippen LogP contribution in [0.4, 0.5) is 0 Å². The molecule has 0 spiro atoms. The lowest BCUT2D eigenvalue weighted by molar-refractivity contribution is -0.196. The highest BCUT2D eigenvalue weighted by molar-refractivity contribution is 6.35. The molecule has 0 saturated heterocycles. The van der Waals surface area contributed by atoms with Gasteiger partial charge < -0.3 is 4.74 Å². The monoisotopic (exact) mass is 341 g/mol. The number of benzene rings is 2. The van der Waals surface area contributed by atoms with Gasteiger partial charge in [0.05, 0.1) is 7.11 Å². The molecular formula is C19H19NO5. The Bertz CT molecular complexity index is 702. The van der Waals surface area contributed by atoms with Crippen LogP contribution in [0.1, 0.15) is 11.1 Å². The number of ether oxygens (including phenoxy) is 1. The van der Waals surface area contributed by atoms with Gasteiger partial charge in [-0.2, -0.15) is 0 Å². The van der Waals surface area contributed by atoms with Gasteiger partial charge in [0.2, 0.25) is 6.41 Å². The highest BCUT2D eigenvalue weighted by Gasteiger charge is 2.32. The molecule has 0 N–H and O–H groups in total. The third-order valence-electron chi connectivity index (χ3n) is 3.60. The molecule has 2 aromatic carbocycles. The summed E-state index contributed by atoms with van der Waals surface area (Å²) in [6.45, 7) is 0.0965. The van der Waals surface area contributed by atoms with Crippen LogP contribution >= 0.6 is 0 Å². The Hall–Kier alpha value is -2.99. The van der Waals surface area contributed by atoms with Crippen LogP contribution in [0.15, 0.2) is 60.7 Å². The average molecular weight is 341 g/mol. The second kappa shape index (κ2) is 9.34. The fourth-order valence-corrected chi connectivity index (χ4v) is 2.29. The van der Waals surface area contributed by atoms with Crippen LogP contribution in [0.3, 0.4) is 0 Å². The Morgan fingerprint density at radius 3 is 2.08 bits per heavy atom. The zero-order valence-corrected chi connectivity index (χ0v) is 13.8. The molecule has 2 rings (SSSR count). The van der Waals surface area contributed by atoms with E-state index in [2.05, 4.69) is 4.74 Å². The second-order valence-electron chi connectivity index (χ2n) is 5.29. The zero-order chi connectivity index (χ0) is 18.1. The first-order valence-corrected chi connectivity index (χ1v) is 7.72. The van der Waals surface area contributed by atoms with Crippen molar-refractivity contribution >= 4 is 18.2 Å². The molecule has 6 heteroatoms. The largest absolute Gasteiger partial charge is 0.463 e. The van der Waals surface area contributed by atoms with Crippen molar-refractivity contribution < 1.29 is 24.0 Å². The van der Waals surface area contributed by atoms with Gasteiger partial charge >= 0.3 is 5.97 Å². The number of carbonyl (C=O) groups is 3. The molecule has 0 aliphatic heterocycles. The number of rotatable bonds is 9. The molecule has 0 radical (unpaired) electrons. The van der Waals surface area contributed by atoms with Gasteiger partial charge in [-0.3, -0.25) is 14.4 Å². The maximum absolute atomic E-state index is 12.3. The number of hydroxylamine groups is 2. The first kappa shape index (κ1) is 18.4. The lowest BCUT2D eigenvalue weighted by Crippen LogP contribution is -2.45. The van der Waals surface area contributed by atoms with Gasteiger partial charge in [-0.25, -0.2) is 9.86 Å². The van der Waals surface area contributed by atoms with Crippen molar-refractivity contribution in [3.8, 4) is 0 Å². The zero-order valence-electron chi connectivity index (χ0n) is 13.8. The Kier molecular flexibility index (Phi) is 6.86. The van der Waals surface area contributed by atoms with E-state index in [9.17, 15) is 14.4 Å². The normalized spacial score (nSPS) is 11.4. The quantitative estimate of drug-likeness (QED) is 0.302. The summed E-state index contributed by atoms with van der Waals surface area (Å²) in [7, 11) is 1.12. The fourth-order valence-electron chi connectivity index (χ4n) is 2.29. The predicted octanol–water partition coefficient (Wildman–Crippen LogP) is 1.93. The van der Waals surface area contributed by atoms with E-state index in [1.54, 1.807) is 12.1 Å². The van der Waals surface area contributed by atoms with Crippen molar-refractivity contribution in [1.82, 2.24) is 5.06 Å². The summed E-state index contributed by atoms with van der Waals surface area (Å²) < 4.78 is 4.50. The average Bonchev–Trinajstić information content (AvgIpc) is 2.68. The van der Waals surface area contributed by atoms with Crippen LogP contribution < -0.4 is 0 Å². The molecule has 1 atom stereocenters. The number of amides is 1. The van der Waals surface area contributed by atoms with Gasteiger partial charge in [0.15, 0.2) is 0 Å². The van der Waals surface area contributed by atoms with Gasteiger partial charge in [0.25, 0.3) is 5.78 Å². The molecule has 0 heterocycles. The lowest BCUT2D eigenvalue weighted by Gasteiger charge is -2.25. The van der Waals surface area contributed by atoms with Gasteiger partial charge in [-0.15, -0.1) is 0 Å². The third-order valence-corrected chi connectivity index (χ3v) is 3.60. The SMILES string of the molecule is COC(=O)C(=O)C(Cc1ccccc1)N(C=O)OCc1ccccc1. The molecule has 1 unspecified atom stereocenters. The number of nitrogens with zero attached hydrogens (tertiary/aromatic N) is 1. The third kappa shape index (κ3) is 5.26. The summed E-state index contributed by atoms with van der Waals surface area (Å²) in [6, 6.07) is 17.2. The number of esters is 1. The molecule has 1 amide bonds. The minimum Gasteiger partial charge on any atom is -0.463 e. The standard InChI is InChI=1S/C19H19NO5/c1-24-19(23)18(22)17(12-15-8-4-2-5-9-15)20(14-21)25-13-16-10-6-3-7-11-16/h2-11,14,17H,12-13H2,1H3. The Morgan fingerprint density at radius 1 is 1.00 bits per heavy atom. The second-order valence-corrected chi connectivity index (χ2v) is 5.29. The molecular weight excluding hydrogens is 322 g/mol. The van der Waals surface area contributed by atoms with Crippen molar-refractivity contribution in [2.45, 2.75) is 19.1 Å². The number of ketones is 1. The molecule has 6 nitrogen and oxygen atoms in total. The van der Waals surface area contributed by atoms with E-state index in [-0.39, 0.29) is 13.0 Å². The van der Waals surface area contributed by atoms with Crippen LogP contribution in [0, 0.1) is 0 Å². The van der Waals surface area contributed by atoms with Gasteiger partial charge in [0, 0.05) is 6.42 Å². The molecule has 2 aromatic rings. The fraction of sp³-hybridized carbons (Fsp3) is 0.211. The van der Waals surface area contributed by atoms with Crippen LogP contribution in [0.2, 0.25) is 0 Å². The smallest absolute Gasteiger partial charge is 0.376 e. The number of hydrogen-bond acceptors (Lipinski definition) is 5. The van der Waals surface area contributed by atoms with E-state index < -0.39 is 17.8 Å². The van der Waals surface area contributed by atoms with Crippen molar-refractivity contribution in [2.75, 3.05) is 7.11 Å². The van der Waals surface area contributed by atoms with E-state index in [1.165, 1.54) is 0 Å². The van der Waals surface area contributed by atoms with Crippen LogP contribution in [-0.4, -0.2) is 36.4 Å². The highest BCUT2D eigenvalue weighted by atomic mass is 16.7. The first-order valence-electron chi connectivity index (χ1n) is 7.72.